The molecule has 2 heterocycles. The quantitative estimate of drug-likeness (QED) is 0.325. The molecule has 6 nitrogen and oxygen atoms in total. The average Bonchev–Trinajstić information content (AvgIpc) is 3.32. The second kappa shape index (κ2) is 9.40. The fourth-order valence-electron chi connectivity index (χ4n) is 3.25. The van der Waals surface area contributed by atoms with Crippen LogP contribution in [-0.2, 0) is 18.1 Å². The molecule has 1 atom stereocenters. The van der Waals surface area contributed by atoms with Crippen LogP contribution in [0.25, 0.3) is 0 Å². The molecule has 0 saturated carbocycles. The highest BCUT2D eigenvalue weighted by Gasteiger charge is 2.57. The van der Waals surface area contributed by atoms with Crippen molar-refractivity contribution in [2.45, 2.75) is 18.1 Å². The maximum Gasteiger partial charge on any atom is 0.323 e. The molecule has 4 aromatic rings. The summed E-state index contributed by atoms with van der Waals surface area (Å²) in [5.74, 6) is -1.96. The second-order valence-electron chi connectivity index (χ2n) is 7.38. The Hall–Kier alpha value is -3.88. The summed E-state index contributed by atoms with van der Waals surface area (Å²) >= 11 is 5.62. The van der Waals surface area contributed by atoms with Gasteiger partial charge in [0, 0.05) is 29.0 Å². The third-order valence-electron chi connectivity index (χ3n) is 5.03. The van der Waals surface area contributed by atoms with Crippen LogP contribution in [0.1, 0.15) is 22.4 Å². The molecule has 0 fully saturated rings. The molecule has 0 aliphatic heterocycles. The Morgan fingerprint density at radius 2 is 1.69 bits per heavy atom. The summed E-state index contributed by atoms with van der Waals surface area (Å²) in [4.78, 5) is 3.70. The minimum Gasteiger partial charge on any atom is -0.377 e. The summed E-state index contributed by atoms with van der Waals surface area (Å²) < 4.78 is 73.6. The molecule has 12 heteroatoms. The fourth-order valence-corrected chi connectivity index (χ4v) is 3.37. The van der Waals surface area contributed by atoms with Crippen LogP contribution in [0.3, 0.4) is 0 Å². The van der Waals surface area contributed by atoms with E-state index in [0.29, 0.717) is 17.7 Å². The zero-order chi connectivity index (χ0) is 25.2. The molecular formula is C23H13ClF5N5O. The standard InChI is InChI=1S/C23H13ClF5N5O/c24-18-7-3-14(9-20(18)27)1-2-15-4-8-21(30-11-15)23(28,29)22(35,12-34-13-31-32-33-34)17-6-5-16(25)10-19(17)26/h3-11,13,35H,12H2. The van der Waals surface area contributed by atoms with E-state index >= 15 is 8.78 Å². The normalized spacial score (nSPS) is 13.1. The van der Waals surface area contributed by atoms with Gasteiger partial charge in [-0.3, -0.25) is 4.98 Å². The minimum absolute atomic E-state index is 0.0736. The molecule has 0 saturated heterocycles. The van der Waals surface area contributed by atoms with Crippen molar-refractivity contribution in [2.24, 2.45) is 0 Å². The molecule has 35 heavy (non-hydrogen) atoms. The summed E-state index contributed by atoms with van der Waals surface area (Å²) in [7, 11) is 0. The Kier molecular flexibility index (Phi) is 6.51. The molecule has 0 aliphatic carbocycles. The van der Waals surface area contributed by atoms with Gasteiger partial charge in [-0.1, -0.05) is 23.4 Å². The number of rotatable bonds is 5. The van der Waals surface area contributed by atoms with E-state index in [4.69, 9.17) is 11.6 Å². The molecule has 178 valence electrons. The van der Waals surface area contributed by atoms with Gasteiger partial charge in [-0.15, -0.1) is 5.10 Å². The predicted molar refractivity (Wildman–Crippen MR) is 114 cm³/mol. The first-order chi connectivity index (χ1) is 16.6. The van der Waals surface area contributed by atoms with Gasteiger partial charge >= 0.3 is 5.92 Å². The number of hydrogen-bond acceptors (Lipinski definition) is 5. The van der Waals surface area contributed by atoms with Crippen LogP contribution in [-0.4, -0.2) is 30.3 Å². The summed E-state index contributed by atoms with van der Waals surface area (Å²) in [6, 6.07) is 7.85. The van der Waals surface area contributed by atoms with Crippen molar-refractivity contribution in [3.8, 4) is 11.8 Å². The largest absolute Gasteiger partial charge is 0.377 e. The van der Waals surface area contributed by atoms with Crippen molar-refractivity contribution in [2.75, 3.05) is 0 Å². The van der Waals surface area contributed by atoms with Crippen LogP contribution in [0.15, 0.2) is 61.1 Å². The number of nitrogens with zero attached hydrogens (tertiary/aromatic N) is 5. The number of aromatic nitrogens is 5. The van der Waals surface area contributed by atoms with E-state index in [9.17, 15) is 18.3 Å². The molecular weight excluding hydrogens is 493 g/mol. The Labute approximate surface area is 200 Å². The number of benzene rings is 2. The molecule has 2 aromatic heterocycles. The lowest BCUT2D eigenvalue weighted by Gasteiger charge is -2.35. The minimum atomic E-state index is -4.19. The third-order valence-corrected chi connectivity index (χ3v) is 5.34. The van der Waals surface area contributed by atoms with Gasteiger partial charge < -0.3 is 5.11 Å². The lowest BCUT2D eigenvalue weighted by atomic mass is 9.84. The van der Waals surface area contributed by atoms with E-state index in [1.54, 1.807) is 0 Å². The van der Waals surface area contributed by atoms with Gasteiger partial charge in [-0.05, 0) is 52.9 Å². The Balaban J connectivity index is 1.70. The van der Waals surface area contributed by atoms with E-state index in [1.165, 1.54) is 18.2 Å². The van der Waals surface area contributed by atoms with E-state index in [1.807, 2.05) is 0 Å². The maximum atomic E-state index is 15.7. The number of tetrazole rings is 1. The predicted octanol–water partition coefficient (Wildman–Crippen LogP) is 4.22. The molecule has 0 spiro atoms. The molecule has 1 N–H and O–H groups in total. The number of pyridine rings is 1. The summed E-state index contributed by atoms with van der Waals surface area (Å²) in [6.45, 7) is -0.971. The lowest BCUT2D eigenvalue weighted by Crippen LogP contribution is -2.48. The van der Waals surface area contributed by atoms with Gasteiger partial charge in [0.05, 0.1) is 11.6 Å². The van der Waals surface area contributed by atoms with E-state index < -0.39 is 46.8 Å². The van der Waals surface area contributed by atoms with E-state index in [0.717, 1.165) is 35.4 Å². The van der Waals surface area contributed by atoms with Gasteiger partial charge in [-0.2, -0.15) is 8.78 Å². The van der Waals surface area contributed by atoms with E-state index in [2.05, 4.69) is 32.4 Å². The number of aliphatic hydroxyl groups is 1. The fraction of sp³-hybridized carbons (Fsp3) is 0.130. The number of hydrogen-bond donors (Lipinski definition) is 1. The highest BCUT2D eigenvalue weighted by Crippen LogP contribution is 2.46. The van der Waals surface area contributed by atoms with Gasteiger partial charge in [0.15, 0.2) is 5.60 Å². The van der Waals surface area contributed by atoms with Crippen molar-refractivity contribution < 1.29 is 27.1 Å². The molecule has 0 radical (unpaired) electrons. The Bertz CT molecular complexity index is 1420. The first-order valence-electron chi connectivity index (χ1n) is 9.80. The van der Waals surface area contributed by atoms with Crippen LogP contribution < -0.4 is 0 Å². The highest BCUT2D eigenvalue weighted by atomic mass is 35.5. The monoisotopic (exact) mass is 505 g/mol. The molecule has 4 rings (SSSR count). The van der Waals surface area contributed by atoms with Crippen LogP contribution in [0, 0.1) is 29.3 Å². The zero-order valence-electron chi connectivity index (χ0n) is 17.4. The van der Waals surface area contributed by atoms with Crippen molar-refractivity contribution in [1.29, 1.82) is 0 Å². The first-order valence-corrected chi connectivity index (χ1v) is 10.2. The molecule has 1 unspecified atom stereocenters. The molecule has 0 amide bonds. The molecule has 2 aromatic carbocycles. The van der Waals surface area contributed by atoms with Crippen molar-refractivity contribution in [1.82, 2.24) is 25.2 Å². The molecule has 0 aliphatic rings. The summed E-state index contributed by atoms with van der Waals surface area (Å²) in [5, 5.41) is 21.2. The summed E-state index contributed by atoms with van der Waals surface area (Å²) in [5.41, 5.74) is -4.54. The SMILES string of the molecule is OC(Cn1cnnn1)(c1ccc(F)cc1F)C(F)(F)c1ccc(C#Cc2ccc(Cl)c(F)c2)cn1. The number of alkyl halides is 2. The van der Waals surface area contributed by atoms with Gasteiger partial charge in [-0.25, -0.2) is 17.9 Å². The third kappa shape index (κ3) is 4.84. The van der Waals surface area contributed by atoms with Crippen LogP contribution in [0.5, 0.6) is 0 Å². The van der Waals surface area contributed by atoms with Crippen molar-refractivity contribution in [3.63, 3.8) is 0 Å². The topological polar surface area (TPSA) is 76.7 Å². The van der Waals surface area contributed by atoms with Crippen molar-refractivity contribution in [3.05, 3.63) is 106 Å². The maximum absolute atomic E-state index is 15.7. The first kappa shape index (κ1) is 24.3. The Morgan fingerprint density at radius 3 is 2.31 bits per heavy atom. The highest BCUT2D eigenvalue weighted by molar-refractivity contribution is 6.30. The zero-order valence-corrected chi connectivity index (χ0v) is 18.2. The van der Waals surface area contributed by atoms with Crippen LogP contribution in [0.4, 0.5) is 22.0 Å². The van der Waals surface area contributed by atoms with Gasteiger partial charge in [0.2, 0.25) is 0 Å². The summed E-state index contributed by atoms with van der Waals surface area (Å²) in [6.07, 6.45) is 1.97. The molecule has 0 bridgehead atoms. The van der Waals surface area contributed by atoms with Crippen LogP contribution >= 0.6 is 11.6 Å². The van der Waals surface area contributed by atoms with Crippen molar-refractivity contribution >= 4 is 11.6 Å². The lowest BCUT2D eigenvalue weighted by molar-refractivity contribution is -0.207. The Morgan fingerprint density at radius 1 is 0.943 bits per heavy atom. The van der Waals surface area contributed by atoms with Gasteiger partial charge in [0.1, 0.15) is 29.5 Å². The second-order valence-corrected chi connectivity index (χ2v) is 7.78. The average molecular weight is 506 g/mol. The van der Waals surface area contributed by atoms with Gasteiger partial charge in [0.25, 0.3) is 0 Å². The van der Waals surface area contributed by atoms with Crippen LogP contribution in [0.2, 0.25) is 5.02 Å². The number of halogens is 6. The van der Waals surface area contributed by atoms with E-state index in [-0.39, 0.29) is 10.6 Å². The smallest absolute Gasteiger partial charge is 0.323 e.